The summed E-state index contributed by atoms with van der Waals surface area (Å²) in [7, 11) is 0. The van der Waals surface area contributed by atoms with E-state index in [9.17, 15) is 9.59 Å². The van der Waals surface area contributed by atoms with E-state index in [0.717, 1.165) is 11.1 Å². The smallest absolute Gasteiger partial charge is 0.194 e. The van der Waals surface area contributed by atoms with Gasteiger partial charge >= 0.3 is 0 Å². The second-order valence-corrected chi connectivity index (χ2v) is 7.24. The summed E-state index contributed by atoms with van der Waals surface area (Å²) < 4.78 is 12.2. The third-order valence-corrected chi connectivity index (χ3v) is 5.50. The predicted octanol–water partition coefficient (Wildman–Crippen LogP) is 4.42. The second-order valence-electron chi connectivity index (χ2n) is 7.24. The minimum Gasteiger partial charge on any atom is -0.343 e. The number of ketones is 2. The van der Waals surface area contributed by atoms with Crippen LogP contribution in [0.15, 0.2) is 72.8 Å². The molecule has 4 heteroatoms. The maximum Gasteiger partial charge on any atom is 0.194 e. The van der Waals surface area contributed by atoms with Gasteiger partial charge in [-0.15, -0.1) is 0 Å². The fraction of sp³-hybridized carbons (Fsp3) is 0.167. The summed E-state index contributed by atoms with van der Waals surface area (Å²) >= 11 is 0. The highest BCUT2D eigenvalue weighted by Gasteiger charge is 2.40. The maximum atomic E-state index is 12.9. The van der Waals surface area contributed by atoms with Crippen molar-refractivity contribution in [2.45, 2.75) is 18.8 Å². The largest absolute Gasteiger partial charge is 0.343 e. The molecule has 1 heterocycles. The fourth-order valence-corrected chi connectivity index (χ4v) is 3.95. The van der Waals surface area contributed by atoms with Gasteiger partial charge in [0.25, 0.3) is 0 Å². The van der Waals surface area contributed by atoms with Gasteiger partial charge in [-0.25, -0.2) is 0 Å². The number of ether oxygens (including phenoxy) is 2. The van der Waals surface area contributed by atoms with E-state index in [4.69, 9.17) is 9.47 Å². The Bertz CT molecular complexity index is 1100. The van der Waals surface area contributed by atoms with E-state index in [1.165, 1.54) is 0 Å². The van der Waals surface area contributed by atoms with Crippen LogP contribution in [0.25, 0.3) is 0 Å². The summed E-state index contributed by atoms with van der Waals surface area (Å²) in [5, 5.41) is 0. The first-order valence-electron chi connectivity index (χ1n) is 9.26. The van der Waals surface area contributed by atoms with Crippen molar-refractivity contribution in [2.24, 2.45) is 0 Å². The molecule has 2 unspecified atom stereocenters. The van der Waals surface area contributed by atoms with Gasteiger partial charge in [0, 0.05) is 27.8 Å². The first-order chi connectivity index (χ1) is 13.6. The molecule has 28 heavy (non-hydrogen) atoms. The van der Waals surface area contributed by atoms with Crippen molar-refractivity contribution >= 4 is 11.6 Å². The average molecular weight is 370 g/mol. The van der Waals surface area contributed by atoms with E-state index in [2.05, 4.69) is 0 Å². The molecule has 0 radical (unpaired) electrons. The molecule has 0 spiro atoms. The monoisotopic (exact) mass is 370 g/mol. The van der Waals surface area contributed by atoms with Gasteiger partial charge in [-0.1, -0.05) is 60.7 Å². The number of hydrogen-bond donors (Lipinski definition) is 0. The Balaban J connectivity index is 1.49. The van der Waals surface area contributed by atoms with Crippen molar-refractivity contribution in [2.75, 3.05) is 6.61 Å². The SMILES string of the molecule is CC1(c2ccccc2)OCC(c2ccc3c(c2)C(=O)c2ccccc2C3=O)O1. The number of carbonyl (C=O) groups excluding carboxylic acids is 2. The topological polar surface area (TPSA) is 52.6 Å². The van der Waals surface area contributed by atoms with Crippen molar-refractivity contribution in [1.82, 2.24) is 0 Å². The van der Waals surface area contributed by atoms with E-state index < -0.39 is 5.79 Å². The number of hydrogen-bond acceptors (Lipinski definition) is 4. The summed E-state index contributed by atoms with van der Waals surface area (Å²) in [6, 6.07) is 22.1. The van der Waals surface area contributed by atoms with Crippen LogP contribution in [0, 0.1) is 0 Å². The number of benzene rings is 3. The molecule has 1 aliphatic carbocycles. The summed E-state index contributed by atoms with van der Waals surface area (Å²) in [4.78, 5) is 25.7. The Labute approximate surface area is 162 Å². The molecule has 1 fully saturated rings. The Morgan fingerprint density at radius 2 is 1.39 bits per heavy atom. The lowest BCUT2D eigenvalue weighted by Gasteiger charge is -2.24. The van der Waals surface area contributed by atoms with Gasteiger partial charge in [0.15, 0.2) is 17.4 Å². The van der Waals surface area contributed by atoms with E-state index in [-0.39, 0.29) is 17.7 Å². The lowest BCUT2D eigenvalue weighted by atomic mass is 9.83. The van der Waals surface area contributed by atoms with Gasteiger partial charge in [-0.2, -0.15) is 0 Å². The Hall–Kier alpha value is -3.08. The van der Waals surface area contributed by atoms with Crippen LogP contribution in [0.3, 0.4) is 0 Å². The molecule has 0 N–H and O–H groups in total. The summed E-state index contributed by atoms with van der Waals surface area (Å²) in [6.07, 6.45) is -0.310. The molecule has 3 aromatic carbocycles. The number of rotatable bonds is 2. The third kappa shape index (κ3) is 2.53. The van der Waals surface area contributed by atoms with Crippen LogP contribution >= 0.6 is 0 Å². The average Bonchev–Trinajstić information content (AvgIpc) is 3.16. The van der Waals surface area contributed by atoms with Crippen LogP contribution in [0.2, 0.25) is 0 Å². The highest BCUT2D eigenvalue weighted by atomic mass is 16.7. The van der Waals surface area contributed by atoms with Gasteiger partial charge in [0.2, 0.25) is 0 Å². The van der Waals surface area contributed by atoms with Crippen LogP contribution in [-0.2, 0) is 15.3 Å². The van der Waals surface area contributed by atoms with E-state index in [1.807, 2.05) is 43.3 Å². The fourth-order valence-electron chi connectivity index (χ4n) is 3.95. The van der Waals surface area contributed by atoms with Crippen LogP contribution < -0.4 is 0 Å². The molecular formula is C24H18O4. The molecule has 0 amide bonds. The Morgan fingerprint density at radius 1 is 0.786 bits per heavy atom. The molecule has 0 bridgehead atoms. The molecule has 4 nitrogen and oxygen atoms in total. The molecule has 2 atom stereocenters. The highest BCUT2D eigenvalue weighted by molar-refractivity contribution is 6.28. The molecular weight excluding hydrogens is 352 g/mol. The third-order valence-electron chi connectivity index (χ3n) is 5.50. The number of fused-ring (bicyclic) bond motifs is 2. The lowest BCUT2D eigenvalue weighted by Crippen LogP contribution is -2.23. The Kier molecular flexibility index (Phi) is 3.79. The van der Waals surface area contributed by atoms with Crippen LogP contribution in [0.4, 0.5) is 0 Å². The van der Waals surface area contributed by atoms with Gasteiger partial charge in [0.1, 0.15) is 6.10 Å². The standard InChI is InChI=1S/C24H18O4/c1-24(16-7-3-2-4-8-16)27-14-21(28-24)15-11-12-19-20(13-15)23(26)18-10-6-5-9-17(18)22(19)25/h2-13,21H,14H2,1H3. The maximum absolute atomic E-state index is 12.9. The lowest BCUT2D eigenvalue weighted by molar-refractivity contribution is -0.162. The van der Waals surface area contributed by atoms with Gasteiger partial charge in [-0.05, 0) is 24.6 Å². The highest BCUT2D eigenvalue weighted by Crippen LogP contribution is 2.41. The van der Waals surface area contributed by atoms with E-state index >= 15 is 0 Å². The minimum atomic E-state index is -0.839. The Morgan fingerprint density at radius 3 is 2.11 bits per heavy atom. The van der Waals surface area contributed by atoms with Crippen LogP contribution in [0.5, 0.6) is 0 Å². The normalized spacial score (nSPS) is 23.4. The molecule has 5 rings (SSSR count). The molecule has 138 valence electrons. The van der Waals surface area contributed by atoms with E-state index in [0.29, 0.717) is 28.9 Å². The minimum absolute atomic E-state index is 0.116. The molecule has 0 aromatic heterocycles. The van der Waals surface area contributed by atoms with E-state index in [1.54, 1.807) is 36.4 Å². The summed E-state index contributed by atoms with van der Waals surface area (Å²) in [6.45, 7) is 2.27. The van der Waals surface area contributed by atoms with Crippen molar-refractivity contribution in [3.8, 4) is 0 Å². The van der Waals surface area contributed by atoms with Crippen molar-refractivity contribution in [3.63, 3.8) is 0 Å². The predicted molar refractivity (Wildman–Crippen MR) is 103 cm³/mol. The zero-order valence-electron chi connectivity index (χ0n) is 15.3. The van der Waals surface area contributed by atoms with Gasteiger partial charge in [-0.3, -0.25) is 9.59 Å². The van der Waals surface area contributed by atoms with Crippen LogP contribution in [0.1, 0.15) is 56.0 Å². The molecule has 1 aliphatic heterocycles. The first kappa shape index (κ1) is 17.0. The molecule has 2 aliphatic rings. The zero-order chi connectivity index (χ0) is 19.3. The molecule has 3 aromatic rings. The number of carbonyl (C=O) groups is 2. The zero-order valence-corrected chi connectivity index (χ0v) is 15.3. The van der Waals surface area contributed by atoms with Crippen molar-refractivity contribution in [1.29, 1.82) is 0 Å². The van der Waals surface area contributed by atoms with Crippen molar-refractivity contribution < 1.29 is 19.1 Å². The molecule has 0 saturated carbocycles. The van der Waals surface area contributed by atoms with Gasteiger partial charge in [0.05, 0.1) is 6.61 Å². The summed E-state index contributed by atoms with van der Waals surface area (Å²) in [5.41, 5.74) is 3.56. The van der Waals surface area contributed by atoms with Crippen LogP contribution in [-0.4, -0.2) is 18.2 Å². The van der Waals surface area contributed by atoms with Gasteiger partial charge < -0.3 is 9.47 Å². The molecule has 1 saturated heterocycles. The summed E-state index contributed by atoms with van der Waals surface area (Å²) in [5.74, 6) is -1.08. The van der Waals surface area contributed by atoms with Crippen molar-refractivity contribution in [3.05, 3.63) is 106 Å². The second kappa shape index (κ2) is 6.23. The first-order valence-corrected chi connectivity index (χ1v) is 9.26. The quantitative estimate of drug-likeness (QED) is 0.524.